The van der Waals surface area contributed by atoms with Crippen LogP contribution in [0.4, 0.5) is 13.2 Å². The van der Waals surface area contributed by atoms with Crippen molar-refractivity contribution in [2.45, 2.75) is 11.1 Å². The topological polar surface area (TPSA) is 73.1 Å². The van der Waals surface area contributed by atoms with Crippen LogP contribution in [0.2, 0.25) is 5.02 Å². The lowest BCUT2D eigenvalue weighted by Crippen LogP contribution is -2.13. The number of nitrogens with zero attached hydrogens (tertiary/aromatic N) is 1. The molecule has 4 nitrogen and oxygen atoms in total. The summed E-state index contributed by atoms with van der Waals surface area (Å²) >= 11 is 5.79. The van der Waals surface area contributed by atoms with Crippen molar-refractivity contribution in [3.05, 3.63) is 47.1 Å². The Hall–Kier alpha value is -1.64. The molecule has 0 aliphatic rings. The van der Waals surface area contributed by atoms with Gasteiger partial charge in [0, 0.05) is 11.8 Å². The van der Waals surface area contributed by atoms with Gasteiger partial charge in [-0.05, 0) is 12.1 Å². The van der Waals surface area contributed by atoms with Gasteiger partial charge in [-0.15, -0.1) is 0 Å². The first-order valence-corrected chi connectivity index (χ1v) is 7.38. The molecule has 0 amide bonds. The molecule has 2 N–H and O–H groups in total. The summed E-state index contributed by atoms with van der Waals surface area (Å²) in [6, 6.07) is 6.20. The molecule has 0 aliphatic heterocycles. The number of rotatable bonds is 2. The zero-order valence-corrected chi connectivity index (χ0v) is 11.8. The van der Waals surface area contributed by atoms with Crippen LogP contribution in [-0.4, -0.2) is 13.4 Å². The van der Waals surface area contributed by atoms with Crippen molar-refractivity contribution >= 4 is 21.6 Å². The fourth-order valence-electron chi connectivity index (χ4n) is 1.70. The maximum atomic E-state index is 12.6. The molecule has 0 saturated heterocycles. The van der Waals surface area contributed by atoms with Gasteiger partial charge in [-0.3, -0.25) is 4.98 Å². The van der Waals surface area contributed by atoms with E-state index in [1.54, 1.807) is 0 Å². The quantitative estimate of drug-likeness (QED) is 0.916. The van der Waals surface area contributed by atoms with Crippen LogP contribution in [0.1, 0.15) is 5.56 Å². The molecule has 21 heavy (non-hydrogen) atoms. The predicted molar refractivity (Wildman–Crippen MR) is 71.1 cm³/mol. The molecule has 0 unspecified atom stereocenters. The largest absolute Gasteiger partial charge is 0.417 e. The Kier molecular flexibility index (Phi) is 3.96. The molecule has 2 aromatic rings. The lowest BCUT2D eigenvalue weighted by molar-refractivity contribution is -0.137. The number of alkyl halides is 3. The van der Waals surface area contributed by atoms with E-state index in [2.05, 4.69) is 4.98 Å². The van der Waals surface area contributed by atoms with Crippen LogP contribution in [-0.2, 0) is 16.2 Å². The second-order valence-corrected chi connectivity index (χ2v) is 6.03. The van der Waals surface area contributed by atoms with Gasteiger partial charge in [0.25, 0.3) is 0 Å². The minimum absolute atomic E-state index is 0.0405. The first-order chi connectivity index (χ1) is 9.60. The maximum absolute atomic E-state index is 12.6. The molecule has 0 atom stereocenters. The first-order valence-electron chi connectivity index (χ1n) is 5.45. The van der Waals surface area contributed by atoms with E-state index in [0.29, 0.717) is 12.3 Å². The van der Waals surface area contributed by atoms with Crippen molar-refractivity contribution in [3.8, 4) is 11.3 Å². The summed E-state index contributed by atoms with van der Waals surface area (Å²) in [6.07, 6.45) is -4.00. The highest BCUT2D eigenvalue weighted by molar-refractivity contribution is 7.89. The fraction of sp³-hybridized carbons (Fsp3) is 0.0833. The monoisotopic (exact) mass is 336 g/mol. The Bertz CT molecular complexity index is 791. The van der Waals surface area contributed by atoms with Crippen LogP contribution in [0.3, 0.4) is 0 Å². The van der Waals surface area contributed by atoms with E-state index < -0.39 is 21.8 Å². The Balaban J connectivity index is 2.65. The van der Waals surface area contributed by atoms with Crippen molar-refractivity contribution < 1.29 is 21.6 Å². The van der Waals surface area contributed by atoms with Crippen LogP contribution in [0.25, 0.3) is 11.3 Å². The molecule has 1 aromatic carbocycles. The normalized spacial score (nSPS) is 12.4. The molecule has 0 spiro atoms. The number of pyridine rings is 1. The summed E-state index contributed by atoms with van der Waals surface area (Å²) < 4.78 is 60.7. The van der Waals surface area contributed by atoms with E-state index in [9.17, 15) is 21.6 Å². The molecule has 0 saturated carbocycles. The van der Waals surface area contributed by atoms with Gasteiger partial charge in [0.05, 0.1) is 21.2 Å². The number of nitrogens with two attached hydrogens (primary N) is 1. The molecule has 0 aliphatic carbocycles. The zero-order valence-electron chi connectivity index (χ0n) is 10.2. The van der Waals surface area contributed by atoms with Gasteiger partial charge in [0.2, 0.25) is 10.0 Å². The summed E-state index contributed by atoms with van der Waals surface area (Å²) in [6.45, 7) is 0. The van der Waals surface area contributed by atoms with Gasteiger partial charge in [-0.1, -0.05) is 29.8 Å². The summed E-state index contributed by atoms with van der Waals surface area (Å²) in [7, 11) is -4.06. The van der Waals surface area contributed by atoms with Crippen molar-refractivity contribution in [2.75, 3.05) is 0 Å². The summed E-state index contributed by atoms with van der Waals surface area (Å²) in [5, 5.41) is 4.75. The predicted octanol–water partition coefficient (Wildman–Crippen LogP) is 3.07. The van der Waals surface area contributed by atoms with E-state index in [-0.39, 0.29) is 21.2 Å². The fourth-order valence-corrected chi connectivity index (χ4v) is 2.71. The van der Waals surface area contributed by atoms with Gasteiger partial charge in [0.1, 0.15) is 0 Å². The van der Waals surface area contributed by atoms with Crippen LogP contribution >= 0.6 is 11.6 Å². The zero-order chi connectivity index (χ0) is 15.8. The van der Waals surface area contributed by atoms with Crippen LogP contribution in [0.5, 0.6) is 0 Å². The molecule has 1 heterocycles. The number of primary sulfonamides is 1. The minimum atomic E-state index is -4.59. The standard InChI is InChI=1S/C12H8ClF3N2O2S/c13-9-5-7(12(14,15)16)6-18-11(9)8-3-1-2-4-10(8)21(17,19)20/h1-6H,(H2,17,19,20). The van der Waals surface area contributed by atoms with Crippen LogP contribution < -0.4 is 5.14 Å². The number of benzene rings is 1. The van der Waals surface area contributed by atoms with E-state index in [1.807, 2.05) is 0 Å². The number of hydrogen-bond donors (Lipinski definition) is 1. The van der Waals surface area contributed by atoms with Gasteiger partial charge in [-0.25, -0.2) is 13.6 Å². The smallest absolute Gasteiger partial charge is 0.254 e. The Morgan fingerprint density at radius 3 is 2.33 bits per heavy atom. The van der Waals surface area contributed by atoms with Crippen molar-refractivity contribution in [3.63, 3.8) is 0 Å². The molecule has 112 valence electrons. The highest BCUT2D eigenvalue weighted by atomic mass is 35.5. The number of hydrogen-bond acceptors (Lipinski definition) is 3. The van der Waals surface area contributed by atoms with Crippen molar-refractivity contribution in [1.82, 2.24) is 4.98 Å². The second kappa shape index (κ2) is 5.28. The Morgan fingerprint density at radius 2 is 1.81 bits per heavy atom. The third kappa shape index (κ3) is 3.34. The molecule has 0 bridgehead atoms. The van der Waals surface area contributed by atoms with E-state index >= 15 is 0 Å². The van der Waals surface area contributed by atoms with Crippen molar-refractivity contribution in [1.29, 1.82) is 0 Å². The van der Waals surface area contributed by atoms with Gasteiger partial charge in [0.15, 0.2) is 0 Å². The molecule has 0 fully saturated rings. The molecular formula is C12H8ClF3N2O2S. The number of halogens is 4. The van der Waals surface area contributed by atoms with E-state index in [4.69, 9.17) is 16.7 Å². The Morgan fingerprint density at radius 1 is 1.19 bits per heavy atom. The Labute approximate surface area is 123 Å². The molecule has 1 aromatic heterocycles. The highest BCUT2D eigenvalue weighted by Gasteiger charge is 2.32. The van der Waals surface area contributed by atoms with E-state index in [0.717, 1.165) is 0 Å². The van der Waals surface area contributed by atoms with Gasteiger partial charge >= 0.3 is 6.18 Å². The SMILES string of the molecule is NS(=O)(=O)c1ccccc1-c1ncc(C(F)(F)F)cc1Cl. The first kappa shape index (κ1) is 15.7. The summed E-state index contributed by atoms with van der Waals surface area (Å²) in [4.78, 5) is 3.35. The molecule has 9 heteroatoms. The van der Waals surface area contributed by atoms with Crippen LogP contribution in [0.15, 0.2) is 41.4 Å². The maximum Gasteiger partial charge on any atom is 0.417 e. The summed E-state index contributed by atoms with van der Waals surface area (Å²) in [5.41, 5.74) is -1.07. The third-order valence-corrected chi connectivity index (χ3v) is 3.87. The molecule has 0 radical (unpaired) electrons. The average Bonchev–Trinajstić information content (AvgIpc) is 2.36. The number of aromatic nitrogens is 1. The second-order valence-electron chi connectivity index (χ2n) is 4.09. The van der Waals surface area contributed by atoms with E-state index in [1.165, 1.54) is 24.3 Å². The third-order valence-electron chi connectivity index (χ3n) is 2.62. The molecular weight excluding hydrogens is 329 g/mol. The number of sulfonamides is 1. The lowest BCUT2D eigenvalue weighted by Gasteiger charge is -2.11. The van der Waals surface area contributed by atoms with Crippen molar-refractivity contribution in [2.24, 2.45) is 5.14 Å². The average molecular weight is 337 g/mol. The molecule has 2 rings (SSSR count). The minimum Gasteiger partial charge on any atom is -0.254 e. The lowest BCUT2D eigenvalue weighted by atomic mass is 10.1. The summed E-state index contributed by atoms with van der Waals surface area (Å²) in [5.74, 6) is 0. The van der Waals surface area contributed by atoms with Gasteiger partial charge in [-0.2, -0.15) is 13.2 Å². The van der Waals surface area contributed by atoms with Gasteiger partial charge < -0.3 is 0 Å². The highest BCUT2D eigenvalue weighted by Crippen LogP contribution is 2.35. The van der Waals surface area contributed by atoms with Crippen LogP contribution in [0, 0.1) is 0 Å².